The van der Waals surface area contributed by atoms with Crippen molar-refractivity contribution >= 4 is 32.4 Å². The Balaban J connectivity index is 0.976. The Hall–Kier alpha value is -8.08. The zero-order valence-corrected chi connectivity index (χ0v) is 32.6. The lowest BCUT2D eigenvalue weighted by Crippen LogP contribution is -2.00. The molecular weight excluding hydrogens is 729 g/mol. The number of benzene rings is 9. The van der Waals surface area contributed by atoms with Crippen molar-refractivity contribution in [1.29, 1.82) is 0 Å². The van der Waals surface area contributed by atoms with Crippen molar-refractivity contribution in [3.05, 3.63) is 218 Å². The summed E-state index contributed by atoms with van der Waals surface area (Å²) in [6, 6.07) is 76.6. The summed E-state index contributed by atoms with van der Waals surface area (Å²) in [5.74, 6) is 1.93. The van der Waals surface area contributed by atoms with E-state index in [4.69, 9.17) is 19.9 Å². The van der Waals surface area contributed by atoms with Gasteiger partial charge in [-0.3, -0.25) is 0 Å². The summed E-state index contributed by atoms with van der Waals surface area (Å²) in [7, 11) is 0. The second-order valence-corrected chi connectivity index (χ2v) is 15.0. The van der Waals surface area contributed by atoms with Gasteiger partial charge in [0.25, 0.3) is 0 Å². The Bertz CT molecular complexity index is 3270. The van der Waals surface area contributed by atoms with Crippen molar-refractivity contribution in [3.63, 3.8) is 0 Å². The van der Waals surface area contributed by atoms with Crippen LogP contribution in [-0.2, 0) is 0 Å². The van der Waals surface area contributed by atoms with Crippen LogP contribution in [0.2, 0.25) is 0 Å². The lowest BCUT2D eigenvalue weighted by atomic mass is 9.91. The molecule has 0 saturated heterocycles. The van der Waals surface area contributed by atoms with Crippen LogP contribution in [0.15, 0.2) is 218 Å². The first kappa shape index (κ1) is 35.1. The maximum atomic E-state index is 5.27. The van der Waals surface area contributed by atoms with Crippen LogP contribution in [0.25, 0.3) is 111 Å². The van der Waals surface area contributed by atoms with Gasteiger partial charge < -0.3 is 0 Å². The molecule has 0 unspecified atom stereocenters. The summed E-state index contributed by atoms with van der Waals surface area (Å²) in [5, 5.41) is 5.92. The SMILES string of the molecule is c1ccc(-c2nc(-c3ccccc3)nc(-c3ccc(-c4cc(-c5ccc(-c6nc7ccccc7c7c(-c8ccccc8)cccc67)cc5)c5ccccc5c4)cc3)n2)cc1. The summed E-state index contributed by atoms with van der Waals surface area (Å²) in [6.45, 7) is 0. The first-order valence-electron chi connectivity index (χ1n) is 20.2. The molecule has 60 heavy (non-hydrogen) atoms. The van der Waals surface area contributed by atoms with Gasteiger partial charge in [-0.05, 0) is 62.4 Å². The number of fused-ring (bicyclic) bond motifs is 4. The zero-order valence-electron chi connectivity index (χ0n) is 32.6. The van der Waals surface area contributed by atoms with Gasteiger partial charge in [0.1, 0.15) is 0 Å². The second-order valence-electron chi connectivity index (χ2n) is 15.0. The Morgan fingerprint density at radius 3 is 1.37 bits per heavy atom. The van der Waals surface area contributed by atoms with E-state index in [-0.39, 0.29) is 0 Å². The molecule has 4 nitrogen and oxygen atoms in total. The molecule has 0 aliphatic carbocycles. The first-order chi connectivity index (χ1) is 29.7. The molecule has 0 N–H and O–H groups in total. The third-order valence-electron chi connectivity index (χ3n) is 11.3. The molecule has 0 atom stereocenters. The van der Waals surface area contributed by atoms with Crippen molar-refractivity contribution in [1.82, 2.24) is 19.9 Å². The third kappa shape index (κ3) is 6.47. The van der Waals surface area contributed by atoms with Crippen LogP contribution < -0.4 is 0 Å². The normalized spacial score (nSPS) is 11.3. The molecule has 0 bridgehead atoms. The van der Waals surface area contributed by atoms with Gasteiger partial charge in [-0.15, -0.1) is 0 Å². The Labute approximate surface area is 348 Å². The number of rotatable bonds is 7. The zero-order chi connectivity index (χ0) is 39.8. The molecule has 2 heterocycles. The average molecular weight is 765 g/mol. The number of para-hydroxylation sites is 1. The minimum Gasteiger partial charge on any atom is -0.247 e. The van der Waals surface area contributed by atoms with E-state index in [2.05, 4.69) is 158 Å². The maximum Gasteiger partial charge on any atom is 0.164 e. The highest BCUT2D eigenvalue weighted by Crippen LogP contribution is 2.40. The molecule has 0 aliphatic heterocycles. The van der Waals surface area contributed by atoms with Crippen molar-refractivity contribution < 1.29 is 0 Å². The van der Waals surface area contributed by atoms with Crippen LogP contribution >= 0.6 is 0 Å². The molecule has 11 aromatic rings. The molecule has 0 radical (unpaired) electrons. The van der Waals surface area contributed by atoms with Gasteiger partial charge in [-0.1, -0.05) is 200 Å². The molecule has 0 amide bonds. The fraction of sp³-hybridized carbons (Fsp3) is 0. The highest BCUT2D eigenvalue weighted by Gasteiger charge is 2.16. The predicted molar refractivity (Wildman–Crippen MR) is 248 cm³/mol. The van der Waals surface area contributed by atoms with Crippen LogP contribution in [0, 0.1) is 0 Å². The van der Waals surface area contributed by atoms with Gasteiger partial charge in [0.05, 0.1) is 11.2 Å². The first-order valence-corrected chi connectivity index (χ1v) is 20.2. The van der Waals surface area contributed by atoms with Gasteiger partial charge in [-0.25, -0.2) is 19.9 Å². The Kier molecular flexibility index (Phi) is 8.79. The number of pyridine rings is 1. The number of aromatic nitrogens is 4. The molecule has 0 saturated carbocycles. The summed E-state index contributed by atoms with van der Waals surface area (Å²) < 4.78 is 0. The number of hydrogen-bond donors (Lipinski definition) is 0. The van der Waals surface area contributed by atoms with Crippen molar-refractivity contribution in [2.24, 2.45) is 0 Å². The lowest BCUT2D eigenvalue weighted by Gasteiger charge is -2.15. The Morgan fingerprint density at radius 1 is 0.250 bits per heavy atom. The summed E-state index contributed by atoms with van der Waals surface area (Å²) >= 11 is 0. The molecule has 11 rings (SSSR count). The molecule has 0 fully saturated rings. The van der Waals surface area contributed by atoms with Crippen LogP contribution in [0.4, 0.5) is 0 Å². The highest BCUT2D eigenvalue weighted by atomic mass is 15.0. The van der Waals surface area contributed by atoms with Crippen molar-refractivity contribution in [2.45, 2.75) is 0 Å². The molecule has 4 heteroatoms. The summed E-state index contributed by atoms with van der Waals surface area (Å²) in [6.07, 6.45) is 0. The van der Waals surface area contributed by atoms with Gasteiger partial charge in [0, 0.05) is 38.4 Å². The third-order valence-corrected chi connectivity index (χ3v) is 11.3. The van der Waals surface area contributed by atoms with E-state index in [0.717, 1.165) is 60.9 Å². The van der Waals surface area contributed by atoms with Crippen LogP contribution in [0.1, 0.15) is 0 Å². The van der Waals surface area contributed by atoms with Gasteiger partial charge in [0.2, 0.25) is 0 Å². The monoisotopic (exact) mass is 764 g/mol. The van der Waals surface area contributed by atoms with Gasteiger partial charge in [0.15, 0.2) is 17.5 Å². The summed E-state index contributed by atoms with van der Waals surface area (Å²) in [5.41, 5.74) is 12.9. The van der Waals surface area contributed by atoms with Gasteiger partial charge >= 0.3 is 0 Å². The fourth-order valence-corrected chi connectivity index (χ4v) is 8.35. The van der Waals surface area contributed by atoms with Crippen LogP contribution in [0.3, 0.4) is 0 Å². The topological polar surface area (TPSA) is 51.6 Å². The lowest BCUT2D eigenvalue weighted by molar-refractivity contribution is 1.07. The number of hydrogen-bond acceptors (Lipinski definition) is 4. The standard InChI is InChI=1S/C56H36N4/c1-4-15-38(16-5-1)47-24-14-25-49-52(47)48-23-12-13-26-51(48)57-53(49)40-31-29-39(30-32-40)50-36-45(35-44-21-10-11-22-46(44)50)37-27-33-43(34-28-37)56-59-54(41-17-6-2-7-18-41)58-55(60-56)42-19-8-3-9-20-42/h1-36H. The van der Waals surface area contributed by atoms with E-state index in [1.807, 2.05) is 60.7 Å². The maximum absolute atomic E-state index is 5.27. The summed E-state index contributed by atoms with van der Waals surface area (Å²) in [4.78, 5) is 20.0. The van der Waals surface area contributed by atoms with E-state index in [9.17, 15) is 0 Å². The van der Waals surface area contributed by atoms with E-state index < -0.39 is 0 Å². The predicted octanol–water partition coefficient (Wildman–Crippen LogP) is 14.4. The minimum atomic E-state index is 0.638. The Morgan fingerprint density at radius 2 is 0.717 bits per heavy atom. The smallest absolute Gasteiger partial charge is 0.164 e. The van der Waals surface area contributed by atoms with Gasteiger partial charge in [-0.2, -0.15) is 0 Å². The van der Waals surface area contributed by atoms with Crippen molar-refractivity contribution in [2.75, 3.05) is 0 Å². The van der Waals surface area contributed by atoms with Crippen LogP contribution in [-0.4, -0.2) is 19.9 Å². The molecule has 9 aromatic carbocycles. The van der Waals surface area contributed by atoms with E-state index in [0.29, 0.717) is 17.5 Å². The molecular formula is C56H36N4. The highest BCUT2D eigenvalue weighted by molar-refractivity contribution is 6.17. The largest absolute Gasteiger partial charge is 0.247 e. The number of nitrogens with zero attached hydrogens (tertiary/aromatic N) is 4. The van der Waals surface area contributed by atoms with E-state index >= 15 is 0 Å². The van der Waals surface area contributed by atoms with E-state index in [1.54, 1.807) is 0 Å². The van der Waals surface area contributed by atoms with E-state index in [1.165, 1.54) is 32.8 Å². The molecule has 0 aliphatic rings. The molecule has 2 aromatic heterocycles. The quantitative estimate of drug-likeness (QED) is 0.152. The fourth-order valence-electron chi connectivity index (χ4n) is 8.35. The van der Waals surface area contributed by atoms with Crippen LogP contribution in [0.5, 0.6) is 0 Å². The second kappa shape index (κ2) is 15.0. The molecule has 280 valence electrons. The average Bonchev–Trinajstić information content (AvgIpc) is 3.34. The van der Waals surface area contributed by atoms with Crippen molar-refractivity contribution in [3.8, 4) is 78.8 Å². The molecule has 0 spiro atoms. The minimum absolute atomic E-state index is 0.638.